The molecule has 0 bridgehead atoms. The Balaban J connectivity index is 1.36. The van der Waals surface area contributed by atoms with Crippen molar-refractivity contribution in [2.75, 3.05) is 13.1 Å². The third-order valence-electron chi connectivity index (χ3n) is 6.37. The lowest BCUT2D eigenvalue weighted by atomic mass is 9.82. The van der Waals surface area contributed by atoms with Crippen LogP contribution in [0.5, 0.6) is 0 Å². The van der Waals surface area contributed by atoms with Crippen molar-refractivity contribution in [3.63, 3.8) is 0 Å². The van der Waals surface area contributed by atoms with Crippen LogP contribution in [0.3, 0.4) is 0 Å². The molecule has 0 radical (unpaired) electrons. The van der Waals surface area contributed by atoms with Crippen LogP contribution in [0, 0.1) is 5.92 Å². The summed E-state index contributed by atoms with van der Waals surface area (Å²) in [5.74, 6) is -1.34. The van der Waals surface area contributed by atoms with Crippen LogP contribution < -0.4 is 10.7 Å². The summed E-state index contributed by atoms with van der Waals surface area (Å²) >= 11 is 5.83. The molecule has 0 aromatic heterocycles. The fourth-order valence-corrected chi connectivity index (χ4v) is 6.13. The number of rotatable bonds is 4. The van der Waals surface area contributed by atoms with Crippen LogP contribution >= 0.6 is 11.6 Å². The normalized spacial score (nSPS) is 22.5. The van der Waals surface area contributed by atoms with Crippen LogP contribution in [0.4, 0.5) is 4.79 Å². The van der Waals surface area contributed by atoms with Crippen LogP contribution in [0.1, 0.15) is 44.9 Å². The lowest BCUT2D eigenvalue weighted by Gasteiger charge is -2.32. The molecule has 11 heteroatoms. The number of halogens is 1. The molecule has 1 aliphatic carbocycles. The third kappa shape index (κ3) is 4.16. The second kappa shape index (κ2) is 8.40. The summed E-state index contributed by atoms with van der Waals surface area (Å²) < 4.78 is 26.9. The first-order valence-electron chi connectivity index (χ1n) is 10.5. The van der Waals surface area contributed by atoms with Gasteiger partial charge in [0.1, 0.15) is 5.54 Å². The zero-order valence-corrected chi connectivity index (χ0v) is 18.5. The van der Waals surface area contributed by atoms with Crippen molar-refractivity contribution in [3.05, 3.63) is 29.3 Å². The van der Waals surface area contributed by atoms with Gasteiger partial charge in [-0.05, 0) is 49.9 Å². The lowest BCUT2D eigenvalue weighted by molar-refractivity contribution is -0.141. The molecule has 31 heavy (non-hydrogen) atoms. The van der Waals surface area contributed by atoms with Gasteiger partial charge in [-0.3, -0.25) is 15.0 Å². The van der Waals surface area contributed by atoms with Gasteiger partial charge in [0, 0.05) is 24.0 Å². The minimum Gasteiger partial charge on any atom is -0.322 e. The van der Waals surface area contributed by atoms with E-state index >= 15 is 0 Å². The first-order chi connectivity index (χ1) is 14.7. The summed E-state index contributed by atoms with van der Waals surface area (Å²) in [6, 6.07) is 5.34. The number of nitrogens with zero attached hydrogens (tertiary/aromatic N) is 2. The molecule has 1 saturated carbocycles. The van der Waals surface area contributed by atoms with Crippen molar-refractivity contribution < 1.29 is 22.8 Å². The highest BCUT2D eigenvalue weighted by Crippen LogP contribution is 2.33. The highest BCUT2D eigenvalue weighted by atomic mass is 35.5. The van der Waals surface area contributed by atoms with Crippen molar-refractivity contribution in [2.45, 2.75) is 55.4 Å². The van der Waals surface area contributed by atoms with Crippen molar-refractivity contribution in [1.29, 1.82) is 0 Å². The molecule has 2 aliphatic heterocycles. The van der Waals surface area contributed by atoms with E-state index in [4.69, 9.17) is 11.6 Å². The highest BCUT2D eigenvalue weighted by Gasteiger charge is 2.52. The SMILES string of the molecule is O=C(NN1C(=O)NC2(CCCCC2)C1=O)C1CCN(S(=O)(=O)c2ccc(Cl)cc2)CC1. The minimum atomic E-state index is -3.67. The zero-order chi connectivity index (χ0) is 22.2. The standard InChI is InChI=1S/C20H25ClN4O5S/c21-15-4-6-16(7-5-15)31(29,30)24-12-8-14(9-13-24)17(26)23-25-18(27)20(22-19(25)28)10-2-1-3-11-20/h4-7,14H,1-3,8-13H2,(H,22,28)(H,23,26). The fourth-order valence-electron chi connectivity index (χ4n) is 4.53. The van der Waals surface area contributed by atoms with Gasteiger partial charge < -0.3 is 5.32 Å². The maximum atomic E-state index is 12.8. The van der Waals surface area contributed by atoms with Crippen molar-refractivity contribution in [2.24, 2.45) is 5.92 Å². The monoisotopic (exact) mass is 468 g/mol. The summed E-state index contributed by atoms with van der Waals surface area (Å²) in [5.41, 5.74) is 1.56. The van der Waals surface area contributed by atoms with Crippen LogP contribution in [-0.2, 0) is 19.6 Å². The van der Waals surface area contributed by atoms with Gasteiger partial charge in [0.15, 0.2) is 0 Å². The van der Waals surface area contributed by atoms with Crippen molar-refractivity contribution in [3.8, 4) is 0 Å². The van der Waals surface area contributed by atoms with E-state index in [9.17, 15) is 22.8 Å². The number of carbonyl (C=O) groups excluding carboxylic acids is 3. The molecule has 2 saturated heterocycles. The topological polar surface area (TPSA) is 116 Å². The molecule has 9 nitrogen and oxygen atoms in total. The maximum absolute atomic E-state index is 12.8. The molecule has 168 valence electrons. The average Bonchev–Trinajstić information content (AvgIpc) is 2.98. The molecule has 1 spiro atoms. The molecular formula is C20H25ClN4O5S. The van der Waals surface area contributed by atoms with E-state index in [2.05, 4.69) is 10.7 Å². The Labute approximate surface area is 186 Å². The number of piperidine rings is 1. The van der Waals surface area contributed by atoms with E-state index in [0.29, 0.717) is 30.7 Å². The number of imide groups is 1. The molecule has 0 atom stereocenters. The van der Waals surface area contributed by atoms with Gasteiger partial charge in [-0.15, -0.1) is 0 Å². The zero-order valence-electron chi connectivity index (χ0n) is 17.0. The number of benzene rings is 1. The van der Waals surface area contributed by atoms with Crippen LogP contribution in [-0.4, -0.2) is 54.2 Å². The second-order valence-electron chi connectivity index (χ2n) is 8.32. The number of nitrogens with one attached hydrogen (secondary N) is 2. The Morgan fingerprint density at radius 2 is 1.68 bits per heavy atom. The van der Waals surface area contributed by atoms with Gasteiger partial charge in [-0.1, -0.05) is 30.9 Å². The fraction of sp³-hybridized carbons (Fsp3) is 0.550. The first-order valence-corrected chi connectivity index (χ1v) is 12.3. The molecular weight excluding hydrogens is 444 g/mol. The Kier molecular flexibility index (Phi) is 5.97. The number of amides is 4. The molecule has 2 N–H and O–H groups in total. The number of hydrogen-bond acceptors (Lipinski definition) is 5. The first kappa shape index (κ1) is 22.0. The van der Waals surface area contributed by atoms with Crippen molar-refractivity contribution >= 4 is 39.5 Å². The smallest absolute Gasteiger partial charge is 0.322 e. The van der Waals surface area contributed by atoms with Gasteiger partial charge in [0.2, 0.25) is 15.9 Å². The van der Waals surface area contributed by atoms with Crippen LogP contribution in [0.2, 0.25) is 5.02 Å². The van der Waals surface area contributed by atoms with E-state index in [1.54, 1.807) is 0 Å². The Morgan fingerprint density at radius 3 is 2.29 bits per heavy atom. The summed E-state index contributed by atoms with van der Waals surface area (Å²) in [7, 11) is -3.67. The van der Waals surface area contributed by atoms with E-state index in [1.807, 2.05) is 0 Å². The van der Waals surface area contributed by atoms with Gasteiger partial charge in [-0.25, -0.2) is 13.2 Å². The predicted molar refractivity (Wildman–Crippen MR) is 112 cm³/mol. The maximum Gasteiger partial charge on any atom is 0.344 e. The minimum absolute atomic E-state index is 0.150. The van der Waals surface area contributed by atoms with Gasteiger partial charge >= 0.3 is 6.03 Å². The number of urea groups is 1. The summed E-state index contributed by atoms with van der Waals surface area (Å²) in [6.45, 7) is 0.347. The Morgan fingerprint density at radius 1 is 1.06 bits per heavy atom. The largest absolute Gasteiger partial charge is 0.344 e. The summed E-state index contributed by atoms with van der Waals surface area (Å²) in [4.78, 5) is 38.0. The van der Waals surface area contributed by atoms with Gasteiger partial charge in [-0.2, -0.15) is 9.31 Å². The number of carbonyl (C=O) groups is 3. The number of hydrogen-bond donors (Lipinski definition) is 2. The molecule has 1 aromatic rings. The predicted octanol–water partition coefficient (Wildman–Crippen LogP) is 2.03. The molecule has 4 rings (SSSR count). The molecule has 3 aliphatic rings. The van der Waals surface area contributed by atoms with Gasteiger partial charge in [0.25, 0.3) is 5.91 Å². The van der Waals surface area contributed by atoms with E-state index in [0.717, 1.165) is 24.3 Å². The second-order valence-corrected chi connectivity index (χ2v) is 10.7. The van der Waals surface area contributed by atoms with Crippen molar-refractivity contribution in [1.82, 2.24) is 20.1 Å². The molecule has 2 heterocycles. The van der Waals surface area contributed by atoms with Gasteiger partial charge in [0.05, 0.1) is 4.90 Å². The van der Waals surface area contributed by atoms with Crippen LogP contribution in [0.15, 0.2) is 29.2 Å². The highest BCUT2D eigenvalue weighted by molar-refractivity contribution is 7.89. The summed E-state index contributed by atoms with van der Waals surface area (Å²) in [6.07, 6.45) is 4.48. The lowest BCUT2D eigenvalue weighted by Crippen LogP contribution is -2.53. The third-order valence-corrected chi connectivity index (χ3v) is 8.53. The molecule has 3 fully saturated rings. The van der Waals surface area contributed by atoms with Crippen LogP contribution in [0.25, 0.3) is 0 Å². The van der Waals surface area contributed by atoms with E-state index in [-0.39, 0.29) is 18.0 Å². The Hall–Kier alpha value is -2.17. The number of sulfonamides is 1. The molecule has 0 unspecified atom stereocenters. The number of hydrazine groups is 1. The molecule has 4 amide bonds. The average molecular weight is 469 g/mol. The quantitative estimate of drug-likeness (QED) is 0.656. The van der Waals surface area contributed by atoms with E-state index < -0.39 is 39.3 Å². The molecule has 1 aromatic carbocycles. The Bertz CT molecular complexity index is 983. The summed E-state index contributed by atoms with van der Waals surface area (Å²) in [5, 5.41) is 4.00. The van der Waals surface area contributed by atoms with E-state index in [1.165, 1.54) is 28.6 Å².